The van der Waals surface area contributed by atoms with Crippen molar-refractivity contribution in [2.75, 3.05) is 13.1 Å². The summed E-state index contributed by atoms with van der Waals surface area (Å²) in [5, 5.41) is 30.9. The lowest BCUT2D eigenvalue weighted by molar-refractivity contribution is 0.0695. The van der Waals surface area contributed by atoms with Crippen molar-refractivity contribution in [3.63, 3.8) is 0 Å². The van der Waals surface area contributed by atoms with Gasteiger partial charge in [-0.3, -0.25) is 9.59 Å². The zero-order valence-electron chi connectivity index (χ0n) is 28.0. The lowest BCUT2D eigenvalue weighted by Gasteiger charge is -2.20. The van der Waals surface area contributed by atoms with E-state index in [2.05, 4.69) is 24.5 Å². The molecule has 0 saturated carbocycles. The van der Waals surface area contributed by atoms with Crippen LogP contribution in [0, 0.1) is 0 Å². The van der Waals surface area contributed by atoms with E-state index >= 15 is 0 Å². The molecule has 2 amide bonds. The van der Waals surface area contributed by atoms with Gasteiger partial charge in [0.05, 0.1) is 11.1 Å². The number of nitrogens with one attached hydrogen (secondary N) is 2. The van der Waals surface area contributed by atoms with E-state index in [1.54, 1.807) is 24.3 Å². The normalized spacial score (nSPS) is 11.5. The Morgan fingerprint density at radius 2 is 0.750 bits per heavy atom. The SMILES string of the molecule is CCCCCCCCNC(=O)c1ccc2c3ccc(C(=O)O)c4c(C(=O)O)ccc(c5ccc(C(=O)NCCCCCCCC)c1c25)c43. The van der Waals surface area contributed by atoms with Crippen LogP contribution in [-0.4, -0.2) is 47.1 Å². The van der Waals surface area contributed by atoms with Gasteiger partial charge in [0.2, 0.25) is 0 Å². The minimum Gasteiger partial charge on any atom is -0.478 e. The second-order valence-electron chi connectivity index (χ2n) is 12.8. The first kappa shape index (κ1) is 34.6. The Morgan fingerprint density at radius 3 is 1.10 bits per heavy atom. The molecule has 0 saturated heterocycles. The van der Waals surface area contributed by atoms with Gasteiger partial charge in [-0.05, 0) is 69.4 Å². The Hall–Kier alpha value is -4.72. The van der Waals surface area contributed by atoms with E-state index < -0.39 is 11.9 Å². The predicted octanol–water partition coefficient (Wildman–Crippen LogP) is 9.31. The van der Waals surface area contributed by atoms with Crippen molar-refractivity contribution in [2.45, 2.75) is 90.9 Å². The molecule has 8 nitrogen and oxygen atoms in total. The van der Waals surface area contributed by atoms with Crippen LogP contribution < -0.4 is 10.6 Å². The Bertz CT molecular complexity index is 1830. The molecular weight excluding hydrogens is 604 g/mol. The first-order chi connectivity index (χ1) is 23.3. The van der Waals surface area contributed by atoms with Gasteiger partial charge in [0.1, 0.15) is 0 Å². The van der Waals surface area contributed by atoms with Crippen LogP contribution in [0.15, 0.2) is 48.5 Å². The average molecular weight is 651 g/mol. The maximum atomic E-state index is 13.8. The molecule has 0 aliphatic heterocycles. The van der Waals surface area contributed by atoms with E-state index in [-0.39, 0.29) is 28.3 Å². The fourth-order valence-electron chi connectivity index (χ4n) is 7.03. The summed E-state index contributed by atoms with van der Waals surface area (Å²) >= 11 is 0. The van der Waals surface area contributed by atoms with E-state index in [4.69, 9.17) is 0 Å². The van der Waals surface area contributed by atoms with Crippen LogP contribution >= 0.6 is 0 Å². The Morgan fingerprint density at radius 1 is 0.438 bits per heavy atom. The maximum Gasteiger partial charge on any atom is 0.336 e. The van der Waals surface area contributed by atoms with E-state index in [0.29, 0.717) is 45.8 Å². The van der Waals surface area contributed by atoms with Gasteiger partial charge in [0.25, 0.3) is 11.8 Å². The average Bonchev–Trinajstić information content (AvgIpc) is 3.08. The van der Waals surface area contributed by atoms with Gasteiger partial charge in [0.15, 0.2) is 0 Å². The van der Waals surface area contributed by atoms with Crippen LogP contribution in [0.2, 0.25) is 0 Å². The van der Waals surface area contributed by atoms with Crippen LogP contribution in [0.3, 0.4) is 0 Å². The number of carbonyl (C=O) groups excluding carboxylic acids is 2. The molecular formula is C40H46N2O6. The number of unbranched alkanes of at least 4 members (excludes halogenated alkanes) is 10. The first-order valence-corrected chi connectivity index (χ1v) is 17.5. The second kappa shape index (κ2) is 15.9. The molecule has 0 fully saturated rings. The van der Waals surface area contributed by atoms with Crippen molar-refractivity contribution in [3.8, 4) is 0 Å². The molecule has 0 aliphatic rings. The molecule has 5 aromatic carbocycles. The van der Waals surface area contributed by atoms with E-state index in [9.17, 15) is 29.4 Å². The smallest absolute Gasteiger partial charge is 0.336 e. The second-order valence-corrected chi connectivity index (χ2v) is 12.8. The minimum atomic E-state index is -1.22. The zero-order chi connectivity index (χ0) is 34.2. The molecule has 0 aliphatic carbocycles. The first-order valence-electron chi connectivity index (χ1n) is 17.5. The van der Waals surface area contributed by atoms with E-state index in [1.165, 1.54) is 50.7 Å². The Kier molecular flexibility index (Phi) is 11.5. The monoisotopic (exact) mass is 650 g/mol. The summed E-state index contributed by atoms with van der Waals surface area (Å²) in [6, 6.07) is 13.4. The van der Waals surface area contributed by atoms with E-state index in [1.807, 2.05) is 12.1 Å². The van der Waals surface area contributed by atoms with Crippen molar-refractivity contribution in [1.29, 1.82) is 0 Å². The predicted molar refractivity (Wildman–Crippen MR) is 193 cm³/mol. The highest BCUT2D eigenvalue weighted by Crippen LogP contribution is 2.44. The highest BCUT2D eigenvalue weighted by Gasteiger charge is 2.25. The third-order valence-corrected chi connectivity index (χ3v) is 9.48. The molecule has 0 unspecified atom stereocenters. The number of hydrogen-bond acceptors (Lipinski definition) is 4. The zero-order valence-corrected chi connectivity index (χ0v) is 28.0. The van der Waals surface area contributed by atoms with Gasteiger partial charge in [0, 0.05) is 35.0 Å². The number of fused-ring (bicyclic) bond motifs is 2. The molecule has 252 valence electrons. The molecule has 4 N–H and O–H groups in total. The number of carboxylic acids is 2. The van der Waals surface area contributed by atoms with Gasteiger partial charge in [-0.15, -0.1) is 0 Å². The number of rotatable bonds is 18. The molecule has 0 bridgehead atoms. The number of carbonyl (C=O) groups is 4. The van der Waals surface area contributed by atoms with Crippen LogP contribution in [0.25, 0.3) is 43.1 Å². The number of amides is 2. The van der Waals surface area contributed by atoms with Crippen LogP contribution in [0.1, 0.15) is 132 Å². The lowest BCUT2D eigenvalue weighted by atomic mass is 9.84. The maximum absolute atomic E-state index is 13.8. The van der Waals surface area contributed by atoms with Gasteiger partial charge < -0.3 is 20.8 Å². The summed E-state index contributed by atoms with van der Waals surface area (Å²) < 4.78 is 0. The fraction of sp³-hybridized carbons (Fsp3) is 0.400. The molecule has 0 radical (unpaired) electrons. The van der Waals surface area contributed by atoms with Gasteiger partial charge in [-0.1, -0.05) is 102 Å². The molecule has 0 atom stereocenters. The molecule has 48 heavy (non-hydrogen) atoms. The Balaban J connectivity index is 1.62. The highest BCUT2D eigenvalue weighted by molar-refractivity contribution is 6.38. The summed E-state index contributed by atoms with van der Waals surface area (Å²) in [5.74, 6) is -2.94. The molecule has 5 rings (SSSR count). The van der Waals surface area contributed by atoms with Crippen molar-refractivity contribution < 1.29 is 29.4 Å². The molecule has 8 heteroatoms. The molecule has 0 heterocycles. The van der Waals surface area contributed by atoms with Gasteiger partial charge in [-0.2, -0.15) is 0 Å². The van der Waals surface area contributed by atoms with Crippen molar-refractivity contribution in [3.05, 3.63) is 70.8 Å². The molecule has 0 aromatic heterocycles. The number of carboxylic acid groups (broad SMARTS) is 2. The fourth-order valence-corrected chi connectivity index (χ4v) is 7.03. The highest BCUT2D eigenvalue weighted by atomic mass is 16.4. The largest absolute Gasteiger partial charge is 0.478 e. The van der Waals surface area contributed by atoms with Crippen LogP contribution in [0.5, 0.6) is 0 Å². The van der Waals surface area contributed by atoms with Crippen molar-refractivity contribution in [2.24, 2.45) is 0 Å². The van der Waals surface area contributed by atoms with Gasteiger partial charge in [-0.25, -0.2) is 9.59 Å². The summed E-state index contributed by atoms with van der Waals surface area (Å²) in [6.07, 6.45) is 13.2. The van der Waals surface area contributed by atoms with Crippen LogP contribution in [-0.2, 0) is 0 Å². The topological polar surface area (TPSA) is 133 Å². The van der Waals surface area contributed by atoms with Crippen LogP contribution in [0.4, 0.5) is 0 Å². The summed E-state index contributed by atoms with van der Waals surface area (Å²) in [4.78, 5) is 52.1. The summed E-state index contributed by atoms with van der Waals surface area (Å²) in [5.41, 5.74) is 0.610. The summed E-state index contributed by atoms with van der Waals surface area (Å²) in [6.45, 7) is 5.43. The summed E-state index contributed by atoms with van der Waals surface area (Å²) in [7, 11) is 0. The third kappa shape index (κ3) is 7.08. The van der Waals surface area contributed by atoms with Crippen molar-refractivity contribution >= 4 is 66.8 Å². The lowest BCUT2D eigenvalue weighted by Crippen LogP contribution is -2.27. The Labute approximate surface area is 281 Å². The molecule has 5 aromatic rings. The number of hydrogen-bond donors (Lipinski definition) is 4. The molecule has 0 spiro atoms. The number of aromatic carboxylic acids is 2. The quantitative estimate of drug-likeness (QED) is 0.0424. The number of benzene rings is 5. The van der Waals surface area contributed by atoms with Gasteiger partial charge >= 0.3 is 11.9 Å². The minimum absolute atomic E-state index is 0.0934. The standard InChI is InChI=1S/C40H46N2O6/c1-3-5-7-9-11-13-23-41-37(43)29-19-15-25-27-17-21-31(39(45)46)36-32(40(47)48)22-18-28(34(27)36)26-16-20-30(35(29)33(25)26)38(44)42-24-14-12-10-8-6-4-2/h15-22H,3-14,23-24H2,1-2H3,(H,41,43)(H,42,44)(H,45,46)(H,47,48). The van der Waals surface area contributed by atoms with Crippen molar-refractivity contribution in [1.82, 2.24) is 10.6 Å². The van der Waals surface area contributed by atoms with E-state index in [0.717, 1.165) is 54.7 Å². The third-order valence-electron chi connectivity index (χ3n) is 9.48.